The molecule has 4 nitrogen and oxygen atoms in total. The van der Waals surface area contributed by atoms with Crippen molar-refractivity contribution < 1.29 is 4.74 Å². The van der Waals surface area contributed by atoms with Crippen molar-refractivity contribution in [1.29, 1.82) is 0 Å². The van der Waals surface area contributed by atoms with Gasteiger partial charge in [0.25, 0.3) is 0 Å². The third-order valence-corrected chi connectivity index (χ3v) is 3.37. The lowest BCUT2D eigenvalue weighted by atomic mass is 10.0. The first-order chi connectivity index (χ1) is 9.13. The number of nitrogens with zero attached hydrogens (tertiary/aromatic N) is 2. The monoisotopic (exact) mass is 269 g/mol. The van der Waals surface area contributed by atoms with Crippen LogP contribution < -0.4 is 5.32 Å². The Morgan fingerprint density at radius 3 is 2.89 bits per heavy atom. The van der Waals surface area contributed by atoms with Crippen molar-refractivity contribution in [2.75, 3.05) is 39.9 Å². The van der Waals surface area contributed by atoms with Crippen LogP contribution in [0.3, 0.4) is 0 Å². The van der Waals surface area contributed by atoms with E-state index in [1.807, 2.05) is 7.05 Å². The standard InChI is InChI=1S/C15H31N3O/c1-13(2)12-19-10-6-8-17-15(16-4)18-9-5-7-14(3)11-18/h13-14H,5-12H2,1-4H3,(H,16,17). The lowest BCUT2D eigenvalue weighted by Crippen LogP contribution is -2.46. The number of ether oxygens (including phenoxy) is 1. The summed E-state index contributed by atoms with van der Waals surface area (Å²) in [6, 6.07) is 0. The van der Waals surface area contributed by atoms with Crippen molar-refractivity contribution in [3.63, 3.8) is 0 Å². The Kier molecular flexibility index (Phi) is 7.87. The molecule has 0 amide bonds. The summed E-state index contributed by atoms with van der Waals surface area (Å²) in [7, 11) is 1.87. The Labute approximate surface area is 118 Å². The average molecular weight is 269 g/mol. The van der Waals surface area contributed by atoms with Crippen molar-refractivity contribution in [3.05, 3.63) is 0 Å². The predicted octanol–water partition coefficient (Wildman–Crippen LogP) is 2.36. The lowest BCUT2D eigenvalue weighted by molar-refractivity contribution is 0.108. The van der Waals surface area contributed by atoms with E-state index in [1.165, 1.54) is 12.8 Å². The molecular formula is C15H31N3O. The zero-order valence-corrected chi connectivity index (χ0v) is 13.1. The molecular weight excluding hydrogens is 238 g/mol. The molecule has 1 N–H and O–H groups in total. The van der Waals surface area contributed by atoms with Crippen molar-refractivity contribution in [2.24, 2.45) is 16.8 Å². The van der Waals surface area contributed by atoms with E-state index < -0.39 is 0 Å². The van der Waals surface area contributed by atoms with E-state index in [4.69, 9.17) is 4.74 Å². The van der Waals surface area contributed by atoms with Gasteiger partial charge in [0.1, 0.15) is 0 Å². The van der Waals surface area contributed by atoms with Gasteiger partial charge in [-0.25, -0.2) is 0 Å². The topological polar surface area (TPSA) is 36.9 Å². The number of piperidine rings is 1. The van der Waals surface area contributed by atoms with Crippen LogP contribution >= 0.6 is 0 Å². The van der Waals surface area contributed by atoms with Crippen LogP contribution in [0.5, 0.6) is 0 Å². The van der Waals surface area contributed by atoms with E-state index in [1.54, 1.807) is 0 Å². The molecule has 1 fully saturated rings. The molecule has 1 atom stereocenters. The van der Waals surface area contributed by atoms with E-state index >= 15 is 0 Å². The zero-order valence-electron chi connectivity index (χ0n) is 13.1. The molecule has 19 heavy (non-hydrogen) atoms. The van der Waals surface area contributed by atoms with Crippen molar-refractivity contribution in [1.82, 2.24) is 10.2 Å². The fourth-order valence-corrected chi connectivity index (χ4v) is 2.41. The molecule has 112 valence electrons. The highest BCUT2D eigenvalue weighted by Crippen LogP contribution is 2.15. The Morgan fingerprint density at radius 1 is 1.47 bits per heavy atom. The fourth-order valence-electron chi connectivity index (χ4n) is 2.41. The van der Waals surface area contributed by atoms with Gasteiger partial charge in [0, 0.05) is 39.9 Å². The van der Waals surface area contributed by atoms with Crippen LogP contribution in [0.4, 0.5) is 0 Å². The highest BCUT2D eigenvalue weighted by molar-refractivity contribution is 5.79. The number of hydrogen-bond donors (Lipinski definition) is 1. The summed E-state index contributed by atoms with van der Waals surface area (Å²) in [6.07, 6.45) is 3.66. The molecule has 1 heterocycles. The summed E-state index contributed by atoms with van der Waals surface area (Å²) in [4.78, 5) is 6.76. The molecule has 1 saturated heterocycles. The maximum Gasteiger partial charge on any atom is 0.193 e. The van der Waals surface area contributed by atoms with Crippen LogP contribution in [0.15, 0.2) is 4.99 Å². The molecule has 0 aliphatic carbocycles. The van der Waals surface area contributed by atoms with Crippen LogP contribution in [0.2, 0.25) is 0 Å². The van der Waals surface area contributed by atoms with Crippen LogP contribution in [0, 0.1) is 11.8 Å². The molecule has 0 spiro atoms. The number of likely N-dealkylation sites (tertiary alicyclic amines) is 1. The third kappa shape index (κ3) is 6.81. The first-order valence-electron chi connectivity index (χ1n) is 7.66. The second kappa shape index (κ2) is 9.18. The quantitative estimate of drug-likeness (QED) is 0.457. The fraction of sp³-hybridized carbons (Fsp3) is 0.933. The molecule has 0 aromatic heterocycles. The van der Waals surface area contributed by atoms with Gasteiger partial charge in [-0.05, 0) is 31.1 Å². The second-order valence-corrected chi connectivity index (χ2v) is 5.99. The molecule has 0 aromatic carbocycles. The van der Waals surface area contributed by atoms with Crippen molar-refractivity contribution in [3.8, 4) is 0 Å². The SMILES string of the molecule is CN=C(NCCCOCC(C)C)N1CCCC(C)C1. The number of guanidine groups is 1. The number of aliphatic imine (C=N–C) groups is 1. The Morgan fingerprint density at radius 2 is 2.26 bits per heavy atom. The third-order valence-electron chi connectivity index (χ3n) is 3.37. The van der Waals surface area contributed by atoms with Crippen molar-refractivity contribution >= 4 is 5.96 Å². The summed E-state index contributed by atoms with van der Waals surface area (Å²) < 4.78 is 5.58. The van der Waals surface area contributed by atoms with E-state index in [0.717, 1.165) is 51.1 Å². The normalized spacial score (nSPS) is 21.0. The van der Waals surface area contributed by atoms with Crippen LogP contribution in [-0.2, 0) is 4.74 Å². The highest BCUT2D eigenvalue weighted by atomic mass is 16.5. The van der Waals surface area contributed by atoms with E-state index in [2.05, 4.69) is 36.0 Å². The van der Waals surface area contributed by atoms with Gasteiger partial charge < -0.3 is 15.0 Å². The molecule has 0 aromatic rings. The van der Waals surface area contributed by atoms with Gasteiger partial charge in [0.2, 0.25) is 0 Å². The summed E-state index contributed by atoms with van der Waals surface area (Å²) in [6.45, 7) is 11.6. The molecule has 4 heteroatoms. The van der Waals surface area contributed by atoms with Gasteiger partial charge >= 0.3 is 0 Å². The van der Waals surface area contributed by atoms with E-state index in [0.29, 0.717) is 5.92 Å². The van der Waals surface area contributed by atoms with E-state index in [-0.39, 0.29) is 0 Å². The number of nitrogens with one attached hydrogen (secondary N) is 1. The first-order valence-corrected chi connectivity index (χ1v) is 7.66. The van der Waals surface area contributed by atoms with Gasteiger partial charge in [-0.2, -0.15) is 0 Å². The minimum atomic E-state index is 0.621. The minimum absolute atomic E-state index is 0.621. The maximum absolute atomic E-state index is 5.58. The smallest absolute Gasteiger partial charge is 0.193 e. The molecule has 0 bridgehead atoms. The molecule has 1 unspecified atom stereocenters. The van der Waals surface area contributed by atoms with Gasteiger partial charge in [0.15, 0.2) is 5.96 Å². The predicted molar refractivity (Wildman–Crippen MR) is 81.6 cm³/mol. The first kappa shape index (κ1) is 16.3. The van der Waals surface area contributed by atoms with Gasteiger partial charge in [-0.3, -0.25) is 4.99 Å². The Bertz CT molecular complexity index is 266. The second-order valence-electron chi connectivity index (χ2n) is 5.99. The van der Waals surface area contributed by atoms with Crippen LogP contribution in [0.1, 0.15) is 40.0 Å². The summed E-state index contributed by atoms with van der Waals surface area (Å²) in [5, 5.41) is 3.44. The maximum atomic E-state index is 5.58. The van der Waals surface area contributed by atoms with Crippen LogP contribution in [0.25, 0.3) is 0 Å². The molecule has 1 rings (SSSR count). The largest absolute Gasteiger partial charge is 0.381 e. The molecule has 0 saturated carbocycles. The summed E-state index contributed by atoms with van der Waals surface area (Å²) >= 11 is 0. The van der Waals surface area contributed by atoms with Gasteiger partial charge in [0.05, 0.1) is 0 Å². The zero-order chi connectivity index (χ0) is 14.1. The minimum Gasteiger partial charge on any atom is -0.381 e. The van der Waals surface area contributed by atoms with Crippen molar-refractivity contribution in [2.45, 2.75) is 40.0 Å². The molecule has 0 radical (unpaired) electrons. The Hall–Kier alpha value is -0.770. The number of hydrogen-bond acceptors (Lipinski definition) is 2. The highest BCUT2D eigenvalue weighted by Gasteiger charge is 2.18. The Balaban J connectivity index is 2.15. The lowest BCUT2D eigenvalue weighted by Gasteiger charge is -2.33. The van der Waals surface area contributed by atoms with E-state index in [9.17, 15) is 0 Å². The molecule has 1 aliphatic heterocycles. The summed E-state index contributed by atoms with van der Waals surface area (Å²) in [5.74, 6) is 2.45. The average Bonchev–Trinajstić information content (AvgIpc) is 2.37. The van der Waals surface area contributed by atoms with Gasteiger partial charge in [-0.15, -0.1) is 0 Å². The summed E-state index contributed by atoms with van der Waals surface area (Å²) in [5.41, 5.74) is 0. The molecule has 1 aliphatic rings. The number of rotatable bonds is 6. The van der Waals surface area contributed by atoms with Crippen LogP contribution in [-0.4, -0.2) is 50.8 Å². The van der Waals surface area contributed by atoms with Gasteiger partial charge in [-0.1, -0.05) is 20.8 Å².